The van der Waals surface area contributed by atoms with E-state index in [0.29, 0.717) is 25.7 Å². The normalized spacial score (nSPS) is 23.0. The number of hydrogen-bond acceptors (Lipinski definition) is 18. The van der Waals surface area contributed by atoms with Crippen LogP contribution in [0, 0.1) is 5.41 Å². The number of nitrogens with one attached hydrogen (secondary N) is 9. The Morgan fingerprint density at radius 3 is 1.32 bits per heavy atom. The summed E-state index contributed by atoms with van der Waals surface area (Å²) in [6.45, 7) is 23.6. The monoisotopic (exact) mass is 1720 g/mol. The van der Waals surface area contributed by atoms with Gasteiger partial charge in [0.1, 0.15) is 11.1 Å². The number of anilines is 1. The molecule has 0 radical (unpaired) electrons. The van der Waals surface area contributed by atoms with Gasteiger partial charge in [-0.2, -0.15) is 0 Å². The number of piperidine rings is 5. The number of aryl methyl sites for hydroxylation is 2. The molecule has 4 spiro atoms. The molecule has 30 heteroatoms. The van der Waals surface area contributed by atoms with Crippen LogP contribution in [0.15, 0.2) is 127 Å². The number of imidazole rings is 1. The molecule has 10 amide bonds. The lowest BCUT2D eigenvalue weighted by molar-refractivity contribution is -0.140. The van der Waals surface area contributed by atoms with E-state index in [4.69, 9.17) is 0 Å². The van der Waals surface area contributed by atoms with E-state index in [1.165, 1.54) is 139 Å². The second-order valence-corrected chi connectivity index (χ2v) is 36.3. The second-order valence-electron chi connectivity index (χ2n) is 36.3. The Labute approximate surface area is 740 Å². The summed E-state index contributed by atoms with van der Waals surface area (Å²) in [6.07, 6.45) is 35.7. The number of carbonyl (C=O) groups excluding carboxylic acids is 7. The maximum absolute atomic E-state index is 11.7. The van der Waals surface area contributed by atoms with Crippen LogP contribution < -0.4 is 53.1 Å². The Kier molecular flexibility index (Phi) is 41.6. The third kappa shape index (κ3) is 33.3. The minimum Gasteiger partial charge on any atom is -0.377 e. The van der Waals surface area contributed by atoms with Crippen molar-refractivity contribution in [2.24, 2.45) is 19.5 Å². The van der Waals surface area contributed by atoms with Crippen LogP contribution in [0.3, 0.4) is 0 Å². The van der Waals surface area contributed by atoms with Crippen molar-refractivity contribution < 1.29 is 33.6 Å². The Morgan fingerprint density at radius 2 is 0.879 bits per heavy atom. The SMILES string of the molecule is CN1C=CC=CC1.CN1CCC2(CC1)NC(=O)CNC2=O.CN1CCC2(CC1)NC(=O)NC2=O.CN1CCC2(CCNC(=O)N2)CC1.CN1CCCC1.CN1CCCC2(CCNC2=O)C1.CN1CCCCC1.CN1CCCCCC1.CN1CCNC1=O.CN1CCc2ccccc21.CN1Cc2ccccc2C1.Cn1c(=O)[nH]c2ccccc21.Cn1cccc1. The molecule has 12 fully saturated rings. The largest absolute Gasteiger partial charge is 0.377 e. The highest BCUT2D eigenvalue weighted by atomic mass is 16.2. The summed E-state index contributed by atoms with van der Waals surface area (Å²) in [5.41, 5.74) is 6.50. The van der Waals surface area contributed by atoms with Gasteiger partial charge in [0.25, 0.3) is 5.91 Å². The van der Waals surface area contributed by atoms with Crippen LogP contribution in [-0.2, 0) is 52.8 Å². The standard InChI is InChI=1S/C9H15N3O2.C9H17N3O.C9H16N2O.2C9H11N.C8H13N3O2.C8H8N2O.C7H15N.C6H13N.C6H9N.C5H11N.C5H7N.C4H8N2O/c1-12-4-2-9(3-5-12)8(14)10-6-7(13)11-9;1-12-6-3-9(4-7-12)2-5-10-8(13)11-9;1-11-6-2-3-9(7-11)4-5-10-8(9)12;1-10-6-8-4-2-3-5-9(8)7-10;1-10-7-6-8-4-2-3-5-9(8)10;1-11-4-2-8(3-5-11)6(12)9-7(13)10-8;1-10-7-5-3-2-4-6(7)9-8(10)11;1-8-6-4-2-3-5-7-8;2*1-7-5-3-2-4-6-7;2*1-6-4-2-3-5-6;1-6-3-2-5-4(6)7/h2-6H2,1H3,(H,10,14)(H,11,13);2-7H2,1H3,(H2,10,11,13);2-7H2,1H3,(H,10,12);2*2-5H,6-7H2,1H3;2-5H2,1H3,(H2,9,10,12,13);2-5H,1H3,(H,9,11);2-7H2,1H3;2-6H2,1H3;2-5H,6H2,1H3;2-5H2,1H3;2-5H,1H3;2-3H2,1H3,(H,5,7). The van der Waals surface area contributed by atoms with E-state index in [1.807, 2.05) is 80.6 Å². The molecule has 9 N–H and O–H groups in total. The third-order valence-corrected chi connectivity index (χ3v) is 25.7. The number of para-hydroxylation sites is 3. The molecule has 30 nitrogen and oxygen atoms in total. The van der Waals surface area contributed by atoms with Crippen molar-refractivity contribution in [1.82, 2.24) is 106 Å². The fraction of sp³-hybridized carbons (Fsp3) is 0.638. The van der Waals surface area contributed by atoms with Gasteiger partial charge in [0.05, 0.1) is 23.0 Å². The maximum Gasteiger partial charge on any atom is 0.326 e. The Morgan fingerprint density at radius 1 is 0.371 bits per heavy atom. The van der Waals surface area contributed by atoms with Gasteiger partial charge in [-0.25, -0.2) is 19.2 Å². The Bertz CT molecular complexity index is 4140. The van der Waals surface area contributed by atoms with E-state index in [1.54, 1.807) is 23.6 Å². The number of fused-ring (bicyclic) bond motifs is 3. The van der Waals surface area contributed by atoms with E-state index < -0.39 is 11.1 Å². The summed E-state index contributed by atoms with van der Waals surface area (Å²) in [5.74, 6) is 0.0269. The smallest absolute Gasteiger partial charge is 0.326 e. The van der Waals surface area contributed by atoms with Crippen molar-refractivity contribution in [3.8, 4) is 0 Å². The maximum atomic E-state index is 11.7. The highest BCUT2D eigenvalue weighted by molar-refractivity contribution is 6.07. The fourth-order valence-corrected chi connectivity index (χ4v) is 17.5. The van der Waals surface area contributed by atoms with Gasteiger partial charge < -0.3 is 95.8 Å². The number of H-pyrrole nitrogens is 1. The number of urea groups is 3. The van der Waals surface area contributed by atoms with E-state index in [0.717, 1.165) is 141 Å². The number of likely N-dealkylation sites (N-methyl/N-ethyl adjacent to an activating group) is 3. The van der Waals surface area contributed by atoms with Crippen molar-refractivity contribution in [2.45, 2.75) is 158 Å². The van der Waals surface area contributed by atoms with E-state index in [-0.39, 0.29) is 64.9 Å². The lowest BCUT2D eigenvalue weighted by atomic mass is 9.79. The molecule has 1 atom stereocenters. The second kappa shape index (κ2) is 51.5. The number of imide groups is 1. The summed E-state index contributed by atoms with van der Waals surface area (Å²) in [4.78, 5) is 117. The zero-order valence-corrected chi connectivity index (χ0v) is 77.5. The lowest BCUT2D eigenvalue weighted by Crippen LogP contribution is -2.68. The van der Waals surface area contributed by atoms with E-state index in [2.05, 4.69) is 220 Å². The highest BCUT2D eigenvalue weighted by Crippen LogP contribution is 2.36. The number of aromatic nitrogens is 3. The molecule has 0 bridgehead atoms. The number of carbonyl (C=O) groups is 7. The van der Waals surface area contributed by atoms with Crippen LogP contribution in [-0.4, -0.2) is 336 Å². The first kappa shape index (κ1) is 100. The van der Waals surface area contributed by atoms with Gasteiger partial charge in [-0.05, 0) is 271 Å². The number of nitrogens with zero attached hydrogens (tertiary/aromatic N) is 13. The molecule has 2 aromatic heterocycles. The summed E-state index contributed by atoms with van der Waals surface area (Å²) in [6, 6.07) is 28.5. The van der Waals surface area contributed by atoms with Gasteiger partial charge >= 0.3 is 23.8 Å². The molecule has 3 aromatic carbocycles. The predicted octanol–water partition coefficient (Wildman–Crippen LogP) is 7.51. The van der Waals surface area contributed by atoms with Crippen molar-refractivity contribution in [3.05, 3.63) is 149 Å². The molecule has 0 aliphatic carbocycles. The molecule has 17 heterocycles. The molecular weight excluding hydrogens is 1570 g/mol. The van der Waals surface area contributed by atoms with Crippen LogP contribution in [0.4, 0.5) is 20.1 Å². The van der Waals surface area contributed by atoms with Gasteiger partial charge in [0, 0.05) is 157 Å². The molecule has 0 saturated carbocycles. The quantitative estimate of drug-likeness (QED) is 0.0678. The molecule has 688 valence electrons. The number of hydrogen-bond donors (Lipinski definition) is 9. The van der Waals surface area contributed by atoms with Crippen molar-refractivity contribution in [1.29, 1.82) is 0 Å². The highest BCUT2D eigenvalue weighted by Gasteiger charge is 2.48. The molecule has 15 aliphatic heterocycles. The summed E-state index contributed by atoms with van der Waals surface area (Å²) < 4.78 is 3.59. The van der Waals surface area contributed by atoms with Crippen LogP contribution in [0.1, 0.15) is 139 Å². The molecule has 1 unspecified atom stereocenters. The number of amides is 10. The molecule has 12 saturated heterocycles. The zero-order chi connectivity index (χ0) is 89.5. The summed E-state index contributed by atoms with van der Waals surface area (Å²) in [5, 5.41) is 21.9. The number of aromatic amines is 1. The fourth-order valence-electron chi connectivity index (χ4n) is 17.5. The predicted molar refractivity (Wildman–Crippen MR) is 499 cm³/mol. The van der Waals surface area contributed by atoms with Crippen molar-refractivity contribution >= 4 is 58.4 Å². The van der Waals surface area contributed by atoms with Gasteiger partial charge in [-0.15, -0.1) is 0 Å². The first-order chi connectivity index (χ1) is 59.5. The zero-order valence-electron chi connectivity index (χ0n) is 77.5. The average Bonchev–Trinajstić information content (AvgIpc) is 1.35. The van der Waals surface area contributed by atoms with Crippen LogP contribution in [0.25, 0.3) is 11.0 Å². The lowest BCUT2D eigenvalue weighted by Gasteiger charge is -2.43. The molecule has 15 aliphatic rings. The Balaban J connectivity index is 0.000000168. The van der Waals surface area contributed by atoms with Gasteiger partial charge in [0.2, 0.25) is 17.7 Å². The van der Waals surface area contributed by atoms with Crippen LogP contribution >= 0.6 is 0 Å². The van der Waals surface area contributed by atoms with E-state index >= 15 is 0 Å². The van der Waals surface area contributed by atoms with Gasteiger partial charge in [0.15, 0.2) is 0 Å². The molecule has 124 heavy (non-hydrogen) atoms. The molecule has 5 aromatic rings. The first-order valence-electron chi connectivity index (χ1n) is 45.6. The van der Waals surface area contributed by atoms with Crippen molar-refractivity contribution in [2.75, 3.05) is 220 Å². The molecular formula is C94H154N22O8. The minimum atomic E-state index is -0.623. The number of rotatable bonds is 0. The minimum absolute atomic E-state index is 0.0100. The topological polar surface area (TPSA) is 294 Å². The van der Waals surface area contributed by atoms with Crippen LogP contribution in [0.5, 0.6) is 0 Å². The average molecular weight is 1720 g/mol. The number of likely N-dealkylation sites (tertiary alicyclic amines) is 7. The van der Waals surface area contributed by atoms with Gasteiger partial charge in [-0.3, -0.25) is 34.0 Å². The number of piperazine rings is 1. The summed E-state index contributed by atoms with van der Waals surface area (Å²) in [7, 11) is 26.7. The van der Waals surface area contributed by atoms with Gasteiger partial charge in [-0.1, -0.05) is 86.0 Å². The first-order valence-corrected chi connectivity index (χ1v) is 45.6. The third-order valence-electron chi connectivity index (χ3n) is 25.7. The Hall–Kier alpha value is -9.14. The molecule has 20 rings (SSSR count). The number of benzene rings is 3. The number of allylic oxidation sites excluding steroid dienone is 2. The van der Waals surface area contributed by atoms with E-state index in [9.17, 15) is 38.4 Å². The van der Waals surface area contributed by atoms with Crippen LogP contribution in [0.2, 0.25) is 0 Å². The summed E-state index contributed by atoms with van der Waals surface area (Å²) >= 11 is 0. The van der Waals surface area contributed by atoms with Crippen molar-refractivity contribution in [3.63, 3.8) is 0 Å².